The van der Waals surface area contributed by atoms with Crippen molar-refractivity contribution in [3.63, 3.8) is 0 Å². The fraction of sp³-hybridized carbons (Fsp3) is 0.600. The third-order valence-corrected chi connectivity index (χ3v) is 3.42. The van der Waals surface area contributed by atoms with E-state index in [-0.39, 0.29) is 5.41 Å². The molecule has 0 fully saturated rings. The number of benzene rings is 1. The highest BCUT2D eigenvalue weighted by Crippen LogP contribution is 2.21. The van der Waals surface area contributed by atoms with E-state index in [1.165, 1.54) is 6.42 Å². The van der Waals surface area contributed by atoms with Crippen LogP contribution in [0.4, 0.5) is 0 Å². The van der Waals surface area contributed by atoms with Crippen molar-refractivity contribution in [3.05, 3.63) is 28.7 Å². The van der Waals surface area contributed by atoms with Gasteiger partial charge in [-0.25, -0.2) is 0 Å². The minimum Gasteiger partial charge on any atom is -0.494 e. The molecule has 0 atom stereocenters. The van der Waals surface area contributed by atoms with Gasteiger partial charge >= 0.3 is 0 Å². The van der Waals surface area contributed by atoms with E-state index in [4.69, 9.17) is 4.74 Å². The summed E-state index contributed by atoms with van der Waals surface area (Å²) in [5, 5.41) is 3.47. The van der Waals surface area contributed by atoms with Crippen LogP contribution in [0.25, 0.3) is 0 Å². The lowest BCUT2D eigenvalue weighted by molar-refractivity contribution is 0.223. The Morgan fingerprint density at radius 1 is 1.22 bits per heavy atom. The molecule has 2 nitrogen and oxygen atoms in total. The van der Waals surface area contributed by atoms with E-state index >= 15 is 0 Å². The Labute approximate surface area is 119 Å². The van der Waals surface area contributed by atoms with Crippen molar-refractivity contribution in [2.45, 2.75) is 33.6 Å². The van der Waals surface area contributed by atoms with Gasteiger partial charge in [-0.1, -0.05) is 36.7 Å². The van der Waals surface area contributed by atoms with Crippen LogP contribution in [0.15, 0.2) is 28.7 Å². The normalized spacial score (nSPS) is 11.6. The van der Waals surface area contributed by atoms with Crippen LogP contribution in [0, 0.1) is 5.41 Å². The zero-order valence-electron chi connectivity index (χ0n) is 11.6. The Bertz CT molecular complexity index is 335. The molecule has 0 heterocycles. The van der Waals surface area contributed by atoms with Gasteiger partial charge in [-0.3, -0.25) is 0 Å². The van der Waals surface area contributed by atoms with Crippen molar-refractivity contribution in [1.82, 2.24) is 5.32 Å². The zero-order valence-corrected chi connectivity index (χ0v) is 13.2. The zero-order chi connectivity index (χ0) is 13.4. The van der Waals surface area contributed by atoms with Gasteiger partial charge in [-0.05, 0) is 49.1 Å². The van der Waals surface area contributed by atoms with Crippen molar-refractivity contribution in [2.75, 3.05) is 19.7 Å². The maximum atomic E-state index is 5.75. The summed E-state index contributed by atoms with van der Waals surface area (Å²) in [5.74, 6) is 0.940. The summed E-state index contributed by atoms with van der Waals surface area (Å²) in [6.45, 7) is 9.65. The van der Waals surface area contributed by atoms with Crippen molar-refractivity contribution >= 4 is 15.9 Å². The van der Waals surface area contributed by atoms with Crippen molar-refractivity contribution in [2.24, 2.45) is 5.41 Å². The van der Waals surface area contributed by atoms with Gasteiger partial charge in [-0.2, -0.15) is 0 Å². The smallest absolute Gasteiger partial charge is 0.119 e. The second-order valence-corrected chi connectivity index (χ2v) is 6.31. The summed E-state index contributed by atoms with van der Waals surface area (Å²) in [4.78, 5) is 0. The van der Waals surface area contributed by atoms with E-state index in [1.54, 1.807) is 0 Å². The molecule has 0 bridgehead atoms. The predicted molar refractivity (Wildman–Crippen MR) is 81.2 cm³/mol. The van der Waals surface area contributed by atoms with Gasteiger partial charge in [0.2, 0.25) is 0 Å². The average Bonchev–Trinajstić information content (AvgIpc) is 2.32. The second-order valence-electron chi connectivity index (χ2n) is 5.39. The lowest BCUT2D eigenvalue weighted by Gasteiger charge is -2.25. The molecule has 0 aromatic heterocycles. The van der Waals surface area contributed by atoms with E-state index in [0.717, 1.165) is 36.3 Å². The molecule has 0 amide bonds. The van der Waals surface area contributed by atoms with Crippen molar-refractivity contribution in [3.8, 4) is 5.75 Å². The number of nitrogens with one attached hydrogen (secondary N) is 1. The first-order valence-corrected chi connectivity index (χ1v) is 7.42. The predicted octanol–water partition coefficient (Wildman–Crippen LogP) is 4.24. The third kappa shape index (κ3) is 6.41. The van der Waals surface area contributed by atoms with E-state index in [0.29, 0.717) is 0 Å². The summed E-state index contributed by atoms with van der Waals surface area (Å²) >= 11 is 3.42. The molecule has 3 heteroatoms. The Kier molecular flexibility index (Phi) is 6.72. The molecule has 0 unspecified atom stereocenters. The summed E-state index contributed by atoms with van der Waals surface area (Å²) in [5.41, 5.74) is 0.282. The van der Waals surface area contributed by atoms with Gasteiger partial charge in [-0.15, -0.1) is 0 Å². The SMILES string of the molecule is CCCNCC(C)(C)CCOc1ccc(Br)cc1. The highest BCUT2D eigenvalue weighted by atomic mass is 79.9. The van der Waals surface area contributed by atoms with Crippen LogP contribution in [0.5, 0.6) is 5.75 Å². The van der Waals surface area contributed by atoms with Gasteiger partial charge < -0.3 is 10.1 Å². The summed E-state index contributed by atoms with van der Waals surface area (Å²) < 4.78 is 6.84. The number of hydrogen-bond donors (Lipinski definition) is 1. The quantitative estimate of drug-likeness (QED) is 0.725. The number of rotatable bonds is 8. The molecule has 102 valence electrons. The van der Waals surface area contributed by atoms with Gasteiger partial charge in [0.05, 0.1) is 6.61 Å². The summed E-state index contributed by atoms with van der Waals surface area (Å²) in [7, 11) is 0. The lowest BCUT2D eigenvalue weighted by atomic mass is 9.90. The summed E-state index contributed by atoms with van der Waals surface area (Å²) in [6, 6.07) is 7.99. The van der Waals surface area contributed by atoms with Crippen LogP contribution in [-0.2, 0) is 0 Å². The highest BCUT2D eigenvalue weighted by molar-refractivity contribution is 9.10. The van der Waals surface area contributed by atoms with Crippen LogP contribution in [0.3, 0.4) is 0 Å². The molecule has 18 heavy (non-hydrogen) atoms. The molecule has 0 aliphatic rings. The van der Waals surface area contributed by atoms with Crippen LogP contribution in [0.2, 0.25) is 0 Å². The molecular weight excluding hydrogens is 290 g/mol. The monoisotopic (exact) mass is 313 g/mol. The van der Waals surface area contributed by atoms with Crippen molar-refractivity contribution in [1.29, 1.82) is 0 Å². The van der Waals surface area contributed by atoms with Gasteiger partial charge in [0.25, 0.3) is 0 Å². The molecule has 0 radical (unpaired) electrons. The molecule has 1 rings (SSSR count). The van der Waals surface area contributed by atoms with Gasteiger partial charge in [0, 0.05) is 11.0 Å². The fourth-order valence-electron chi connectivity index (χ4n) is 1.67. The average molecular weight is 314 g/mol. The lowest BCUT2D eigenvalue weighted by Crippen LogP contribution is -2.31. The molecule has 1 aromatic carbocycles. The standard InChI is InChI=1S/C15H24BrNO/c1-4-10-17-12-15(2,3)9-11-18-14-7-5-13(16)6-8-14/h5-8,17H,4,9-12H2,1-3H3. The van der Waals surface area contributed by atoms with Gasteiger partial charge in [0.1, 0.15) is 5.75 Å². The van der Waals surface area contributed by atoms with Gasteiger partial charge in [0.15, 0.2) is 0 Å². The van der Waals surface area contributed by atoms with E-state index in [9.17, 15) is 0 Å². The molecule has 1 aromatic rings. The van der Waals surface area contributed by atoms with Crippen LogP contribution < -0.4 is 10.1 Å². The van der Waals surface area contributed by atoms with E-state index in [1.807, 2.05) is 24.3 Å². The largest absolute Gasteiger partial charge is 0.494 e. The van der Waals surface area contributed by atoms with Crippen molar-refractivity contribution < 1.29 is 4.74 Å². The fourth-order valence-corrected chi connectivity index (χ4v) is 1.93. The minimum atomic E-state index is 0.282. The molecule has 0 aliphatic carbocycles. The molecular formula is C15H24BrNO. The van der Waals surface area contributed by atoms with Crippen LogP contribution in [0.1, 0.15) is 33.6 Å². The Morgan fingerprint density at radius 2 is 1.89 bits per heavy atom. The second kappa shape index (κ2) is 7.80. The number of halogens is 1. The first-order valence-electron chi connectivity index (χ1n) is 6.62. The minimum absolute atomic E-state index is 0.282. The molecule has 0 saturated carbocycles. The number of ether oxygens (including phenoxy) is 1. The van der Waals surface area contributed by atoms with Crippen LogP contribution in [-0.4, -0.2) is 19.7 Å². The molecule has 1 N–H and O–H groups in total. The Balaban J connectivity index is 2.25. The maximum absolute atomic E-state index is 5.75. The highest BCUT2D eigenvalue weighted by Gasteiger charge is 2.17. The van der Waals surface area contributed by atoms with Crippen LogP contribution >= 0.6 is 15.9 Å². The number of hydrogen-bond acceptors (Lipinski definition) is 2. The van der Waals surface area contributed by atoms with E-state index in [2.05, 4.69) is 42.0 Å². The first-order chi connectivity index (χ1) is 8.53. The Morgan fingerprint density at radius 3 is 2.50 bits per heavy atom. The first kappa shape index (κ1) is 15.5. The molecule has 0 saturated heterocycles. The topological polar surface area (TPSA) is 21.3 Å². The van der Waals surface area contributed by atoms with E-state index < -0.39 is 0 Å². The third-order valence-electron chi connectivity index (χ3n) is 2.89. The molecule has 0 spiro atoms. The maximum Gasteiger partial charge on any atom is 0.119 e. The summed E-state index contributed by atoms with van der Waals surface area (Å²) in [6.07, 6.45) is 2.24. The molecule has 0 aliphatic heterocycles. The Hall–Kier alpha value is -0.540.